The average Bonchev–Trinajstić information content (AvgIpc) is 2.66. The Hall–Kier alpha value is -2.28. The van der Waals surface area contributed by atoms with Gasteiger partial charge in [0.05, 0.1) is 11.4 Å². The molecule has 0 spiro atoms. The Morgan fingerprint density at radius 2 is 2.14 bits per heavy atom. The number of likely N-dealkylation sites (N-methyl/N-ethyl adjacent to an activating group) is 1. The second-order valence-corrected chi connectivity index (χ2v) is 5.15. The zero-order chi connectivity index (χ0) is 15.6. The molecule has 0 bridgehead atoms. The van der Waals surface area contributed by atoms with Crippen LogP contribution in [0.2, 0.25) is 5.02 Å². The second kappa shape index (κ2) is 6.01. The molecule has 4 amide bonds. The monoisotopic (exact) mass is 310 g/mol. The summed E-state index contributed by atoms with van der Waals surface area (Å²) in [5.74, 6) is -0.656. The van der Waals surface area contributed by atoms with Gasteiger partial charge in [0.25, 0.3) is 0 Å². The first-order chi connectivity index (χ1) is 9.88. The number of halogens is 1. The fraction of sp³-hybridized carbons (Fsp3) is 0.308. The van der Waals surface area contributed by atoms with E-state index in [0.717, 1.165) is 4.90 Å². The van der Waals surface area contributed by atoms with E-state index in [2.05, 4.69) is 5.32 Å². The third kappa shape index (κ3) is 3.43. The summed E-state index contributed by atoms with van der Waals surface area (Å²) in [5, 5.41) is 3.05. The molecule has 0 unspecified atom stereocenters. The van der Waals surface area contributed by atoms with Gasteiger partial charge < -0.3 is 16.0 Å². The van der Waals surface area contributed by atoms with Crippen LogP contribution in [0.5, 0.6) is 0 Å². The second-order valence-electron chi connectivity index (χ2n) is 4.71. The normalized spacial score (nSPS) is 14.8. The number of nitrogen functional groups attached to an aromatic ring is 1. The van der Waals surface area contributed by atoms with Crippen molar-refractivity contribution in [2.45, 2.75) is 6.42 Å². The molecule has 1 aliphatic rings. The van der Waals surface area contributed by atoms with Crippen molar-refractivity contribution in [3.8, 4) is 0 Å². The number of benzene rings is 1. The predicted octanol–water partition coefficient (Wildman–Crippen LogP) is 1.14. The SMILES string of the molecule is CN1CC(=O)N(CCC(=O)Nc2cc(Cl)ccc2N)C1=O. The molecule has 0 atom stereocenters. The van der Waals surface area contributed by atoms with Gasteiger partial charge in [-0.2, -0.15) is 0 Å². The number of nitrogens with one attached hydrogen (secondary N) is 1. The van der Waals surface area contributed by atoms with Gasteiger partial charge in [-0.15, -0.1) is 0 Å². The van der Waals surface area contributed by atoms with Crippen molar-refractivity contribution in [2.24, 2.45) is 0 Å². The minimum absolute atomic E-state index is 0.00271. The topological polar surface area (TPSA) is 95.7 Å². The van der Waals surface area contributed by atoms with E-state index in [4.69, 9.17) is 17.3 Å². The van der Waals surface area contributed by atoms with Gasteiger partial charge in [-0.25, -0.2) is 4.79 Å². The van der Waals surface area contributed by atoms with Gasteiger partial charge in [-0.3, -0.25) is 14.5 Å². The van der Waals surface area contributed by atoms with Crippen LogP contribution in [-0.2, 0) is 9.59 Å². The molecule has 0 saturated carbocycles. The van der Waals surface area contributed by atoms with Gasteiger partial charge in [-0.1, -0.05) is 11.6 Å². The number of amides is 4. The van der Waals surface area contributed by atoms with Crippen molar-refractivity contribution in [3.63, 3.8) is 0 Å². The number of carbonyl (C=O) groups excluding carboxylic acids is 3. The first-order valence-corrected chi connectivity index (χ1v) is 6.66. The molecule has 0 aliphatic carbocycles. The lowest BCUT2D eigenvalue weighted by molar-refractivity contribution is -0.125. The van der Waals surface area contributed by atoms with Gasteiger partial charge in [0.2, 0.25) is 11.8 Å². The highest BCUT2D eigenvalue weighted by Gasteiger charge is 2.33. The van der Waals surface area contributed by atoms with E-state index in [1.54, 1.807) is 12.1 Å². The number of carbonyl (C=O) groups is 3. The first kappa shape index (κ1) is 15.1. The standard InChI is InChI=1S/C13H15ClN4O3/c1-17-7-12(20)18(13(17)21)5-4-11(19)16-10-6-8(14)2-3-9(10)15/h2-3,6H,4-5,7,15H2,1H3,(H,16,19). The molecule has 1 aromatic rings. The van der Waals surface area contributed by atoms with Crippen molar-refractivity contribution in [1.82, 2.24) is 9.80 Å². The van der Waals surface area contributed by atoms with Crippen LogP contribution in [0.1, 0.15) is 6.42 Å². The highest BCUT2D eigenvalue weighted by molar-refractivity contribution is 6.31. The summed E-state index contributed by atoms with van der Waals surface area (Å²) in [4.78, 5) is 37.4. The molecule has 0 aromatic heterocycles. The molecule has 1 aliphatic heterocycles. The molecule has 7 nitrogen and oxygen atoms in total. The maximum absolute atomic E-state index is 11.9. The van der Waals surface area contributed by atoms with Crippen LogP contribution in [0.15, 0.2) is 18.2 Å². The summed E-state index contributed by atoms with van der Waals surface area (Å²) < 4.78 is 0. The molecule has 8 heteroatoms. The minimum atomic E-state index is -0.393. The zero-order valence-electron chi connectivity index (χ0n) is 11.4. The fourth-order valence-corrected chi connectivity index (χ4v) is 2.12. The molecule has 1 heterocycles. The van der Waals surface area contributed by atoms with Gasteiger partial charge in [0, 0.05) is 25.0 Å². The lowest BCUT2D eigenvalue weighted by atomic mass is 10.2. The Morgan fingerprint density at radius 3 is 2.76 bits per heavy atom. The number of imide groups is 1. The van der Waals surface area contributed by atoms with E-state index < -0.39 is 6.03 Å². The van der Waals surface area contributed by atoms with Crippen LogP contribution in [0.25, 0.3) is 0 Å². The largest absolute Gasteiger partial charge is 0.397 e. The summed E-state index contributed by atoms with van der Waals surface area (Å²) in [5.41, 5.74) is 6.52. The minimum Gasteiger partial charge on any atom is -0.397 e. The number of nitrogens with zero attached hydrogens (tertiary/aromatic N) is 2. The van der Waals surface area contributed by atoms with E-state index in [1.165, 1.54) is 18.0 Å². The molecular formula is C13H15ClN4O3. The van der Waals surface area contributed by atoms with E-state index in [0.29, 0.717) is 16.4 Å². The van der Waals surface area contributed by atoms with Crippen molar-refractivity contribution in [3.05, 3.63) is 23.2 Å². The Kier molecular flexibility index (Phi) is 4.32. The Morgan fingerprint density at radius 1 is 1.43 bits per heavy atom. The molecule has 112 valence electrons. The smallest absolute Gasteiger partial charge is 0.326 e. The van der Waals surface area contributed by atoms with Crippen LogP contribution in [0.4, 0.5) is 16.2 Å². The molecular weight excluding hydrogens is 296 g/mol. The van der Waals surface area contributed by atoms with Gasteiger partial charge in [0.15, 0.2) is 0 Å². The fourth-order valence-electron chi connectivity index (χ4n) is 1.95. The molecule has 1 aromatic carbocycles. The zero-order valence-corrected chi connectivity index (χ0v) is 12.2. The third-order valence-corrected chi connectivity index (χ3v) is 3.32. The summed E-state index contributed by atoms with van der Waals surface area (Å²) in [6.45, 7) is 0.0794. The lowest BCUT2D eigenvalue weighted by Crippen LogP contribution is -2.34. The average molecular weight is 311 g/mol. The number of hydrogen-bond donors (Lipinski definition) is 2. The molecule has 2 rings (SSSR count). The number of nitrogens with two attached hydrogens (primary N) is 1. The Labute approximate surface area is 126 Å². The van der Waals surface area contributed by atoms with Crippen LogP contribution in [0, 0.1) is 0 Å². The highest BCUT2D eigenvalue weighted by atomic mass is 35.5. The van der Waals surface area contributed by atoms with Gasteiger partial charge in [0.1, 0.15) is 6.54 Å². The van der Waals surface area contributed by atoms with E-state index in [9.17, 15) is 14.4 Å². The van der Waals surface area contributed by atoms with E-state index in [-0.39, 0.29) is 31.3 Å². The molecule has 1 fully saturated rings. The van der Waals surface area contributed by atoms with Gasteiger partial charge >= 0.3 is 6.03 Å². The number of rotatable bonds is 4. The van der Waals surface area contributed by atoms with Crippen molar-refractivity contribution < 1.29 is 14.4 Å². The molecule has 21 heavy (non-hydrogen) atoms. The first-order valence-electron chi connectivity index (χ1n) is 6.29. The van der Waals surface area contributed by atoms with Crippen molar-refractivity contribution >= 4 is 40.8 Å². The van der Waals surface area contributed by atoms with Crippen LogP contribution >= 0.6 is 11.6 Å². The summed E-state index contributed by atoms with van der Waals surface area (Å²) in [6, 6.07) is 4.34. The third-order valence-electron chi connectivity index (χ3n) is 3.08. The number of urea groups is 1. The summed E-state index contributed by atoms with van der Waals surface area (Å²) >= 11 is 5.83. The Bertz CT molecular complexity index is 605. The number of anilines is 2. The Balaban J connectivity index is 1.92. The van der Waals surface area contributed by atoms with Crippen LogP contribution < -0.4 is 11.1 Å². The maximum Gasteiger partial charge on any atom is 0.326 e. The maximum atomic E-state index is 11.9. The van der Waals surface area contributed by atoms with Crippen molar-refractivity contribution in [1.29, 1.82) is 0 Å². The number of hydrogen-bond acceptors (Lipinski definition) is 4. The van der Waals surface area contributed by atoms with Crippen molar-refractivity contribution in [2.75, 3.05) is 31.2 Å². The van der Waals surface area contributed by atoms with E-state index >= 15 is 0 Å². The molecule has 0 radical (unpaired) electrons. The van der Waals surface area contributed by atoms with Crippen LogP contribution in [0.3, 0.4) is 0 Å². The predicted molar refractivity (Wildman–Crippen MR) is 78.9 cm³/mol. The molecule has 3 N–H and O–H groups in total. The summed E-state index contributed by atoms with van der Waals surface area (Å²) in [7, 11) is 1.53. The van der Waals surface area contributed by atoms with Crippen LogP contribution in [-0.4, -0.2) is 47.8 Å². The quantitative estimate of drug-likeness (QED) is 0.644. The summed E-state index contributed by atoms with van der Waals surface area (Å²) in [6.07, 6.45) is -0.00271. The highest BCUT2D eigenvalue weighted by Crippen LogP contribution is 2.23. The van der Waals surface area contributed by atoms with Gasteiger partial charge in [-0.05, 0) is 18.2 Å². The van der Waals surface area contributed by atoms with E-state index in [1.807, 2.05) is 0 Å². The lowest BCUT2D eigenvalue weighted by Gasteiger charge is -2.14. The molecule has 1 saturated heterocycles.